The van der Waals surface area contributed by atoms with Crippen LogP contribution in [0.4, 0.5) is 36.2 Å². The number of halogens is 3. The van der Waals surface area contributed by atoms with Crippen LogP contribution in [0.1, 0.15) is 0 Å². The van der Waals surface area contributed by atoms with Gasteiger partial charge in [0, 0.05) is 19.2 Å². The molecule has 0 fully saturated rings. The minimum absolute atomic E-state index is 0.111. The first-order valence-corrected chi connectivity index (χ1v) is 5.52. The summed E-state index contributed by atoms with van der Waals surface area (Å²) in [5.41, 5.74) is -1.04. The second-order valence-corrected chi connectivity index (χ2v) is 3.80. The lowest BCUT2D eigenvalue weighted by atomic mass is 10.2. The lowest BCUT2D eigenvalue weighted by molar-refractivity contribution is -0.383. The SMILES string of the molecule is CNc1ncnc(Nc2cc(F)c(F)cc2F)c1[N+](=O)[O-]. The summed E-state index contributed by atoms with van der Waals surface area (Å²) in [4.78, 5) is 17.5. The molecule has 110 valence electrons. The summed E-state index contributed by atoms with van der Waals surface area (Å²) in [5.74, 6) is -4.26. The van der Waals surface area contributed by atoms with Crippen molar-refractivity contribution in [2.75, 3.05) is 17.7 Å². The molecular formula is C11H8F3N5O2. The third-order valence-electron chi connectivity index (χ3n) is 2.50. The maximum atomic E-state index is 13.5. The van der Waals surface area contributed by atoms with Crippen molar-refractivity contribution >= 4 is 23.0 Å². The van der Waals surface area contributed by atoms with Gasteiger partial charge in [0.25, 0.3) is 0 Å². The quantitative estimate of drug-likeness (QED) is 0.512. The van der Waals surface area contributed by atoms with E-state index < -0.39 is 33.7 Å². The van der Waals surface area contributed by atoms with Gasteiger partial charge in [-0.05, 0) is 0 Å². The van der Waals surface area contributed by atoms with E-state index in [1.54, 1.807) is 0 Å². The molecule has 1 aromatic carbocycles. The van der Waals surface area contributed by atoms with E-state index in [0.717, 1.165) is 6.33 Å². The van der Waals surface area contributed by atoms with E-state index in [-0.39, 0.29) is 11.6 Å². The highest BCUT2D eigenvalue weighted by Crippen LogP contribution is 2.31. The maximum absolute atomic E-state index is 13.5. The van der Waals surface area contributed by atoms with Crippen LogP contribution in [-0.2, 0) is 0 Å². The van der Waals surface area contributed by atoms with Crippen molar-refractivity contribution < 1.29 is 18.1 Å². The number of aromatic nitrogens is 2. The van der Waals surface area contributed by atoms with E-state index in [4.69, 9.17) is 0 Å². The smallest absolute Gasteiger partial charge is 0.353 e. The molecule has 21 heavy (non-hydrogen) atoms. The first-order valence-electron chi connectivity index (χ1n) is 5.52. The fourth-order valence-corrected chi connectivity index (χ4v) is 1.57. The molecule has 2 rings (SSSR count). The van der Waals surface area contributed by atoms with Gasteiger partial charge in [0.05, 0.1) is 10.6 Å². The molecule has 0 saturated carbocycles. The van der Waals surface area contributed by atoms with Crippen LogP contribution >= 0.6 is 0 Å². The molecule has 0 aliphatic rings. The zero-order valence-electron chi connectivity index (χ0n) is 10.5. The van der Waals surface area contributed by atoms with Crippen molar-refractivity contribution in [1.29, 1.82) is 0 Å². The number of rotatable bonds is 4. The largest absolute Gasteiger partial charge is 0.367 e. The van der Waals surface area contributed by atoms with E-state index >= 15 is 0 Å². The predicted octanol–water partition coefficient (Wildman–Crippen LogP) is 2.59. The van der Waals surface area contributed by atoms with Crippen LogP contribution in [0.25, 0.3) is 0 Å². The Kier molecular flexibility index (Phi) is 3.87. The Hall–Kier alpha value is -2.91. The number of nitrogens with zero attached hydrogens (tertiary/aromatic N) is 3. The number of benzene rings is 1. The van der Waals surface area contributed by atoms with Gasteiger partial charge in [0.2, 0.25) is 11.6 Å². The summed E-state index contributed by atoms with van der Waals surface area (Å²) >= 11 is 0. The molecule has 0 amide bonds. The van der Waals surface area contributed by atoms with Crippen molar-refractivity contribution in [2.24, 2.45) is 0 Å². The van der Waals surface area contributed by atoms with E-state index in [9.17, 15) is 23.3 Å². The van der Waals surface area contributed by atoms with E-state index in [2.05, 4.69) is 20.6 Å². The molecule has 0 unspecified atom stereocenters. The number of hydrogen-bond donors (Lipinski definition) is 2. The Morgan fingerprint density at radius 3 is 2.33 bits per heavy atom. The number of anilines is 3. The predicted molar refractivity (Wildman–Crippen MR) is 67.8 cm³/mol. The zero-order valence-corrected chi connectivity index (χ0v) is 10.5. The van der Waals surface area contributed by atoms with Gasteiger partial charge in [-0.2, -0.15) is 0 Å². The molecule has 0 aliphatic heterocycles. The van der Waals surface area contributed by atoms with Gasteiger partial charge in [0.1, 0.15) is 12.1 Å². The Morgan fingerprint density at radius 1 is 1.10 bits per heavy atom. The Bertz CT molecular complexity index is 710. The first kappa shape index (κ1) is 14.5. The molecule has 2 aromatic rings. The Balaban J connectivity index is 2.49. The van der Waals surface area contributed by atoms with Gasteiger partial charge in [-0.15, -0.1) is 0 Å². The molecule has 0 aliphatic carbocycles. The molecule has 0 atom stereocenters. The van der Waals surface area contributed by atoms with E-state index in [0.29, 0.717) is 12.1 Å². The number of hydrogen-bond acceptors (Lipinski definition) is 6. The average molecular weight is 299 g/mol. The molecule has 0 spiro atoms. The van der Waals surface area contributed by atoms with Crippen molar-refractivity contribution in [3.63, 3.8) is 0 Å². The minimum atomic E-state index is -1.37. The number of nitrogens with one attached hydrogen (secondary N) is 2. The summed E-state index contributed by atoms with van der Waals surface area (Å²) in [5, 5.41) is 15.7. The van der Waals surface area contributed by atoms with Gasteiger partial charge < -0.3 is 10.6 Å². The standard InChI is InChI=1S/C11H8F3N5O2/c1-15-10-9(19(20)21)11(17-4-16-10)18-8-3-6(13)5(12)2-7(8)14/h2-4H,1H3,(H2,15,16,17,18). The van der Waals surface area contributed by atoms with Gasteiger partial charge in [0.15, 0.2) is 11.6 Å². The molecule has 1 aromatic heterocycles. The summed E-state index contributed by atoms with van der Waals surface area (Å²) in [6.07, 6.45) is 0.999. The molecule has 0 saturated heterocycles. The van der Waals surface area contributed by atoms with Gasteiger partial charge >= 0.3 is 5.69 Å². The molecule has 10 heteroatoms. The summed E-state index contributed by atoms with van der Waals surface area (Å²) in [6, 6.07) is 0.860. The topological polar surface area (TPSA) is 93.0 Å². The monoisotopic (exact) mass is 299 g/mol. The lowest BCUT2D eigenvalue weighted by Crippen LogP contribution is -2.06. The second kappa shape index (κ2) is 5.61. The van der Waals surface area contributed by atoms with Crippen molar-refractivity contribution in [3.8, 4) is 0 Å². The average Bonchev–Trinajstić information content (AvgIpc) is 2.44. The van der Waals surface area contributed by atoms with Gasteiger partial charge in [-0.1, -0.05) is 0 Å². The molecule has 0 radical (unpaired) electrons. The van der Waals surface area contributed by atoms with Crippen LogP contribution < -0.4 is 10.6 Å². The normalized spacial score (nSPS) is 10.3. The summed E-state index contributed by atoms with van der Waals surface area (Å²) in [6.45, 7) is 0. The van der Waals surface area contributed by atoms with Crippen LogP contribution in [0, 0.1) is 27.6 Å². The fourth-order valence-electron chi connectivity index (χ4n) is 1.57. The number of nitro groups is 1. The van der Waals surface area contributed by atoms with Crippen LogP contribution in [0.15, 0.2) is 18.5 Å². The van der Waals surface area contributed by atoms with Crippen LogP contribution in [0.3, 0.4) is 0 Å². The minimum Gasteiger partial charge on any atom is -0.367 e. The van der Waals surface area contributed by atoms with Crippen molar-refractivity contribution in [1.82, 2.24) is 9.97 Å². The van der Waals surface area contributed by atoms with Crippen molar-refractivity contribution in [3.05, 3.63) is 46.0 Å². The lowest BCUT2D eigenvalue weighted by Gasteiger charge is -2.09. The molecule has 7 nitrogen and oxygen atoms in total. The fraction of sp³-hybridized carbons (Fsp3) is 0.0909. The van der Waals surface area contributed by atoms with Crippen LogP contribution in [-0.4, -0.2) is 21.9 Å². The Labute approximate surface area is 116 Å². The highest BCUT2D eigenvalue weighted by Gasteiger charge is 2.23. The highest BCUT2D eigenvalue weighted by atomic mass is 19.2. The molecular weight excluding hydrogens is 291 g/mol. The van der Waals surface area contributed by atoms with Crippen LogP contribution in [0.2, 0.25) is 0 Å². The zero-order chi connectivity index (χ0) is 15.6. The van der Waals surface area contributed by atoms with Gasteiger partial charge in [-0.25, -0.2) is 23.1 Å². The second-order valence-electron chi connectivity index (χ2n) is 3.80. The van der Waals surface area contributed by atoms with E-state index in [1.807, 2.05) is 0 Å². The van der Waals surface area contributed by atoms with Crippen LogP contribution in [0.5, 0.6) is 0 Å². The van der Waals surface area contributed by atoms with Gasteiger partial charge in [-0.3, -0.25) is 10.1 Å². The van der Waals surface area contributed by atoms with Crippen molar-refractivity contribution in [2.45, 2.75) is 0 Å². The highest BCUT2D eigenvalue weighted by molar-refractivity contribution is 5.73. The molecule has 1 heterocycles. The Morgan fingerprint density at radius 2 is 1.71 bits per heavy atom. The summed E-state index contributed by atoms with van der Waals surface area (Å²) < 4.78 is 39.5. The third-order valence-corrected chi connectivity index (χ3v) is 2.50. The maximum Gasteiger partial charge on any atom is 0.353 e. The first-order chi connectivity index (χ1) is 9.93. The summed E-state index contributed by atoms with van der Waals surface area (Å²) in [7, 11) is 1.40. The molecule has 0 bridgehead atoms. The molecule has 2 N–H and O–H groups in total. The third kappa shape index (κ3) is 2.83. The van der Waals surface area contributed by atoms with E-state index in [1.165, 1.54) is 7.05 Å².